The first-order chi connectivity index (χ1) is 10.8. The summed E-state index contributed by atoms with van der Waals surface area (Å²) in [6, 6.07) is 1.63. The predicted molar refractivity (Wildman–Crippen MR) is 86.0 cm³/mol. The van der Waals surface area contributed by atoms with Crippen LogP contribution in [-0.2, 0) is 4.74 Å². The molecule has 1 saturated heterocycles. The monoisotopic (exact) mass is 322 g/mol. The number of aromatic nitrogens is 2. The van der Waals surface area contributed by atoms with E-state index in [0.717, 1.165) is 12.8 Å². The van der Waals surface area contributed by atoms with E-state index in [0.29, 0.717) is 24.7 Å². The highest BCUT2D eigenvalue weighted by Crippen LogP contribution is 2.23. The number of piperidine rings is 1. The van der Waals surface area contributed by atoms with E-state index in [1.165, 1.54) is 0 Å². The Balaban J connectivity index is 1.98. The number of likely N-dealkylation sites (tertiary alicyclic amines) is 1. The van der Waals surface area contributed by atoms with Gasteiger partial charge in [-0.2, -0.15) is 5.10 Å². The Morgan fingerprint density at radius 2 is 2.22 bits per heavy atom. The molecule has 0 bridgehead atoms. The fourth-order valence-corrected chi connectivity index (χ4v) is 2.76. The van der Waals surface area contributed by atoms with Crippen LogP contribution in [-0.4, -0.2) is 51.8 Å². The lowest BCUT2D eigenvalue weighted by Gasteiger charge is -2.38. The fourth-order valence-electron chi connectivity index (χ4n) is 2.76. The van der Waals surface area contributed by atoms with Crippen molar-refractivity contribution in [1.82, 2.24) is 20.4 Å². The number of carbonyl (C=O) groups is 2. The van der Waals surface area contributed by atoms with E-state index in [1.807, 2.05) is 25.7 Å². The number of H-pyrrole nitrogens is 1. The van der Waals surface area contributed by atoms with Crippen LogP contribution in [0.4, 0.5) is 4.79 Å². The lowest BCUT2D eigenvalue weighted by atomic mass is 9.92. The van der Waals surface area contributed by atoms with Gasteiger partial charge in [0.15, 0.2) is 0 Å². The molecular formula is C16H26N4O3. The molecule has 23 heavy (non-hydrogen) atoms. The van der Waals surface area contributed by atoms with Gasteiger partial charge in [-0.1, -0.05) is 6.92 Å². The zero-order valence-electron chi connectivity index (χ0n) is 14.3. The molecule has 1 aliphatic rings. The molecule has 2 rings (SSSR count). The highest BCUT2D eigenvalue weighted by atomic mass is 16.6. The molecule has 0 radical (unpaired) electrons. The number of hydrogen-bond acceptors (Lipinski definition) is 4. The summed E-state index contributed by atoms with van der Waals surface area (Å²) >= 11 is 0. The van der Waals surface area contributed by atoms with Gasteiger partial charge in [-0.3, -0.25) is 9.89 Å². The number of hydrogen-bond donors (Lipinski definition) is 2. The Morgan fingerprint density at radius 1 is 1.48 bits per heavy atom. The summed E-state index contributed by atoms with van der Waals surface area (Å²) in [7, 11) is 0. The molecule has 2 heterocycles. The van der Waals surface area contributed by atoms with Crippen molar-refractivity contribution in [2.75, 3.05) is 13.1 Å². The molecule has 0 aliphatic carbocycles. The molecule has 2 atom stereocenters. The van der Waals surface area contributed by atoms with Crippen LogP contribution in [0.1, 0.15) is 51.0 Å². The maximum Gasteiger partial charge on any atom is 0.407 e. The minimum Gasteiger partial charge on any atom is -0.444 e. The van der Waals surface area contributed by atoms with E-state index in [4.69, 9.17) is 4.74 Å². The number of aromatic amines is 1. The highest BCUT2D eigenvalue weighted by molar-refractivity contribution is 5.92. The van der Waals surface area contributed by atoms with Crippen LogP contribution in [0.15, 0.2) is 12.3 Å². The summed E-state index contributed by atoms with van der Waals surface area (Å²) in [6.45, 7) is 8.70. The van der Waals surface area contributed by atoms with Crippen LogP contribution >= 0.6 is 0 Å². The average Bonchev–Trinajstić information content (AvgIpc) is 2.97. The van der Waals surface area contributed by atoms with Crippen LogP contribution in [0.3, 0.4) is 0 Å². The van der Waals surface area contributed by atoms with E-state index in [2.05, 4.69) is 22.4 Å². The molecule has 2 amide bonds. The first kappa shape index (κ1) is 17.3. The van der Waals surface area contributed by atoms with E-state index in [-0.39, 0.29) is 11.9 Å². The lowest BCUT2D eigenvalue weighted by molar-refractivity contribution is 0.0434. The van der Waals surface area contributed by atoms with Crippen LogP contribution in [0.25, 0.3) is 0 Å². The van der Waals surface area contributed by atoms with E-state index >= 15 is 0 Å². The third kappa shape index (κ3) is 4.97. The maximum absolute atomic E-state index is 12.6. The molecule has 0 spiro atoms. The van der Waals surface area contributed by atoms with Crippen LogP contribution in [0.5, 0.6) is 0 Å². The maximum atomic E-state index is 12.6. The molecule has 1 fully saturated rings. The minimum absolute atomic E-state index is 0.0398. The Labute approximate surface area is 136 Å². The molecule has 0 saturated carbocycles. The van der Waals surface area contributed by atoms with Gasteiger partial charge >= 0.3 is 6.09 Å². The number of carbonyl (C=O) groups excluding carboxylic acids is 2. The number of rotatable bonds is 3. The van der Waals surface area contributed by atoms with Crippen LogP contribution in [0.2, 0.25) is 0 Å². The molecule has 0 aromatic carbocycles. The lowest BCUT2D eigenvalue weighted by Crippen LogP contribution is -2.51. The number of nitrogens with zero attached hydrogens (tertiary/aromatic N) is 2. The van der Waals surface area contributed by atoms with E-state index in [1.54, 1.807) is 12.3 Å². The second-order valence-corrected chi connectivity index (χ2v) is 7.14. The van der Waals surface area contributed by atoms with Crippen molar-refractivity contribution in [3.05, 3.63) is 18.0 Å². The van der Waals surface area contributed by atoms with Gasteiger partial charge in [-0.25, -0.2) is 4.79 Å². The largest absolute Gasteiger partial charge is 0.444 e. The van der Waals surface area contributed by atoms with Gasteiger partial charge in [0, 0.05) is 25.3 Å². The summed E-state index contributed by atoms with van der Waals surface area (Å²) in [5.74, 6) is 0.441. The second-order valence-electron chi connectivity index (χ2n) is 7.14. The first-order valence-electron chi connectivity index (χ1n) is 8.03. The van der Waals surface area contributed by atoms with Crippen molar-refractivity contribution in [3.63, 3.8) is 0 Å². The van der Waals surface area contributed by atoms with Gasteiger partial charge in [0.1, 0.15) is 11.3 Å². The number of alkyl carbamates (subject to hydrolysis) is 1. The molecule has 1 aromatic rings. The topological polar surface area (TPSA) is 87.3 Å². The second kappa shape index (κ2) is 7.02. The summed E-state index contributed by atoms with van der Waals surface area (Å²) in [5, 5.41) is 9.32. The number of ether oxygens (including phenoxy) is 1. The summed E-state index contributed by atoms with van der Waals surface area (Å²) in [5.41, 5.74) is -0.0585. The molecule has 7 nitrogen and oxygen atoms in total. The number of amides is 2. The Bertz CT molecular complexity index is 536. The van der Waals surface area contributed by atoms with Crippen LogP contribution < -0.4 is 5.32 Å². The molecule has 1 aromatic heterocycles. The standard InChI is InChI=1S/C16H26N4O3/c1-11-6-8-20(14(21)13-5-7-18-19-13)12(9-11)10-17-15(22)23-16(2,3)4/h5,7,11-12H,6,8-10H2,1-4H3,(H,17,22)(H,18,19)/t11-,12+/m0/s1. The Morgan fingerprint density at radius 3 is 2.83 bits per heavy atom. The normalized spacial score (nSPS) is 21.8. The molecule has 1 aliphatic heterocycles. The first-order valence-corrected chi connectivity index (χ1v) is 8.03. The van der Waals surface area contributed by atoms with Gasteiger partial charge < -0.3 is 15.0 Å². The summed E-state index contributed by atoms with van der Waals surface area (Å²) in [6.07, 6.45) is 2.93. The summed E-state index contributed by atoms with van der Waals surface area (Å²) < 4.78 is 5.25. The van der Waals surface area contributed by atoms with Crippen molar-refractivity contribution in [2.45, 2.75) is 52.2 Å². The van der Waals surface area contributed by atoms with Crippen molar-refractivity contribution >= 4 is 12.0 Å². The van der Waals surface area contributed by atoms with Gasteiger partial charge in [0.2, 0.25) is 0 Å². The predicted octanol–water partition coefficient (Wildman–Crippen LogP) is 2.18. The van der Waals surface area contributed by atoms with Crippen LogP contribution in [0, 0.1) is 5.92 Å². The Kier molecular flexibility index (Phi) is 5.28. The SMILES string of the molecule is C[C@H]1CCN(C(=O)c2ccn[nH]2)[C@@H](CNC(=O)OC(C)(C)C)C1. The van der Waals surface area contributed by atoms with Crippen molar-refractivity contribution in [2.24, 2.45) is 5.92 Å². The summed E-state index contributed by atoms with van der Waals surface area (Å²) in [4.78, 5) is 26.2. The zero-order valence-corrected chi connectivity index (χ0v) is 14.3. The van der Waals surface area contributed by atoms with Crippen molar-refractivity contribution in [1.29, 1.82) is 0 Å². The quantitative estimate of drug-likeness (QED) is 0.893. The third-order valence-electron chi connectivity index (χ3n) is 3.85. The Hall–Kier alpha value is -2.05. The van der Waals surface area contributed by atoms with Gasteiger partial charge in [0.25, 0.3) is 5.91 Å². The van der Waals surface area contributed by atoms with E-state index in [9.17, 15) is 9.59 Å². The van der Waals surface area contributed by atoms with Gasteiger partial charge in [-0.15, -0.1) is 0 Å². The van der Waals surface area contributed by atoms with Crippen molar-refractivity contribution < 1.29 is 14.3 Å². The van der Waals surface area contributed by atoms with Gasteiger partial charge in [-0.05, 0) is 45.6 Å². The van der Waals surface area contributed by atoms with E-state index < -0.39 is 11.7 Å². The minimum atomic E-state index is -0.532. The average molecular weight is 322 g/mol. The molecule has 0 unspecified atom stereocenters. The number of nitrogens with one attached hydrogen (secondary N) is 2. The molecule has 128 valence electrons. The zero-order chi connectivity index (χ0) is 17.0. The molecular weight excluding hydrogens is 296 g/mol. The highest BCUT2D eigenvalue weighted by Gasteiger charge is 2.31. The molecule has 7 heteroatoms. The third-order valence-corrected chi connectivity index (χ3v) is 3.85. The van der Waals surface area contributed by atoms with Gasteiger partial charge in [0.05, 0.1) is 0 Å². The smallest absolute Gasteiger partial charge is 0.407 e. The van der Waals surface area contributed by atoms with Crippen molar-refractivity contribution in [3.8, 4) is 0 Å². The fraction of sp³-hybridized carbons (Fsp3) is 0.688. The molecule has 2 N–H and O–H groups in total.